The lowest BCUT2D eigenvalue weighted by molar-refractivity contribution is -0.115. The number of rotatable bonds is 5. The molecule has 0 fully saturated rings. The highest BCUT2D eigenvalue weighted by Gasteiger charge is 2.18. The number of nitrogens with zero attached hydrogens (tertiary/aromatic N) is 1. The summed E-state index contributed by atoms with van der Waals surface area (Å²) < 4.78 is 25.4. The van der Waals surface area contributed by atoms with E-state index in [-0.39, 0.29) is 18.2 Å². The zero-order valence-electron chi connectivity index (χ0n) is 11.9. The van der Waals surface area contributed by atoms with Gasteiger partial charge in [-0.25, -0.2) is 18.1 Å². The molecule has 0 spiro atoms. The zero-order chi connectivity index (χ0) is 15.7. The standard InChI is InChI=1S/C14H15N3O3S2/c1-2-22(19,20)15-7-14-17-12(8-21-14)9-3-4-11-10(5-9)6-13(18)16-11/h3-5,8,15H,2,6-7H2,1H3,(H,16,18). The number of fused-ring (bicyclic) bond motifs is 1. The van der Waals surface area contributed by atoms with E-state index >= 15 is 0 Å². The van der Waals surface area contributed by atoms with E-state index in [1.165, 1.54) is 11.3 Å². The molecule has 0 atom stereocenters. The third-order valence-corrected chi connectivity index (χ3v) is 5.59. The van der Waals surface area contributed by atoms with Gasteiger partial charge >= 0.3 is 0 Å². The lowest BCUT2D eigenvalue weighted by Gasteiger charge is -2.02. The van der Waals surface area contributed by atoms with Crippen LogP contribution in [0.2, 0.25) is 0 Å². The summed E-state index contributed by atoms with van der Waals surface area (Å²) in [6.07, 6.45) is 0.385. The van der Waals surface area contributed by atoms with Gasteiger partial charge in [-0.3, -0.25) is 4.79 Å². The van der Waals surface area contributed by atoms with E-state index in [9.17, 15) is 13.2 Å². The molecule has 6 nitrogen and oxygen atoms in total. The van der Waals surface area contributed by atoms with Gasteiger partial charge < -0.3 is 5.32 Å². The molecule has 116 valence electrons. The number of thiazole rings is 1. The molecule has 1 aliphatic heterocycles. The number of carbonyl (C=O) groups excluding carboxylic acids is 1. The summed E-state index contributed by atoms with van der Waals surface area (Å²) >= 11 is 1.41. The fourth-order valence-corrected chi connectivity index (χ4v) is 3.58. The van der Waals surface area contributed by atoms with Gasteiger partial charge in [0.25, 0.3) is 0 Å². The minimum absolute atomic E-state index is 0.0000825. The van der Waals surface area contributed by atoms with Gasteiger partial charge in [0.05, 0.1) is 24.4 Å². The average Bonchev–Trinajstić information content (AvgIpc) is 3.09. The minimum atomic E-state index is -3.22. The molecule has 0 unspecified atom stereocenters. The number of benzene rings is 1. The summed E-state index contributed by atoms with van der Waals surface area (Å²) in [4.78, 5) is 15.8. The van der Waals surface area contributed by atoms with Crippen molar-refractivity contribution in [3.63, 3.8) is 0 Å². The number of sulfonamides is 1. The summed E-state index contributed by atoms with van der Waals surface area (Å²) in [6.45, 7) is 1.79. The van der Waals surface area contributed by atoms with E-state index in [1.54, 1.807) is 6.92 Å². The fourth-order valence-electron chi connectivity index (χ4n) is 2.19. The van der Waals surface area contributed by atoms with Crippen LogP contribution in [0.5, 0.6) is 0 Å². The molecular formula is C14H15N3O3S2. The minimum Gasteiger partial charge on any atom is -0.326 e. The molecule has 1 aromatic heterocycles. The van der Waals surface area contributed by atoms with Crippen molar-refractivity contribution in [3.8, 4) is 11.3 Å². The van der Waals surface area contributed by atoms with E-state index in [4.69, 9.17) is 0 Å². The maximum atomic E-state index is 11.4. The van der Waals surface area contributed by atoms with Crippen LogP contribution in [0.1, 0.15) is 17.5 Å². The Hall–Kier alpha value is -1.77. The van der Waals surface area contributed by atoms with Crippen LogP contribution < -0.4 is 10.0 Å². The summed E-state index contributed by atoms with van der Waals surface area (Å²) in [5.74, 6) is 0.0527. The Balaban J connectivity index is 1.77. The lowest BCUT2D eigenvalue weighted by atomic mass is 10.1. The first-order valence-electron chi connectivity index (χ1n) is 6.82. The van der Waals surface area contributed by atoms with Gasteiger partial charge in [-0.1, -0.05) is 6.07 Å². The summed E-state index contributed by atoms with van der Waals surface area (Å²) in [7, 11) is -3.22. The van der Waals surface area contributed by atoms with Crippen LogP contribution in [-0.2, 0) is 27.8 Å². The highest BCUT2D eigenvalue weighted by atomic mass is 32.2. The van der Waals surface area contributed by atoms with Gasteiger partial charge in [-0.05, 0) is 24.6 Å². The van der Waals surface area contributed by atoms with Crippen LogP contribution in [0.3, 0.4) is 0 Å². The van der Waals surface area contributed by atoms with E-state index in [2.05, 4.69) is 15.0 Å². The van der Waals surface area contributed by atoms with Crippen molar-refractivity contribution in [1.29, 1.82) is 0 Å². The Bertz CT molecular complexity index is 828. The van der Waals surface area contributed by atoms with Crippen LogP contribution >= 0.6 is 11.3 Å². The number of hydrogen-bond acceptors (Lipinski definition) is 5. The monoisotopic (exact) mass is 337 g/mol. The molecule has 3 rings (SSSR count). The lowest BCUT2D eigenvalue weighted by Crippen LogP contribution is -2.24. The molecule has 1 amide bonds. The smallest absolute Gasteiger partial charge is 0.228 e. The van der Waals surface area contributed by atoms with Crippen molar-refractivity contribution < 1.29 is 13.2 Å². The van der Waals surface area contributed by atoms with Crippen molar-refractivity contribution in [2.24, 2.45) is 0 Å². The Morgan fingerprint density at radius 3 is 3.00 bits per heavy atom. The van der Waals surface area contributed by atoms with Crippen LogP contribution in [0.4, 0.5) is 5.69 Å². The molecule has 2 N–H and O–H groups in total. The van der Waals surface area contributed by atoms with Gasteiger partial charge in [-0.15, -0.1) is 11.3 Å². The van der Waals surface area contributed by atoms with Crippen molar-refractivity contribution >= 4 is 33.0 Å². The number of carbonyl (C=O) groups is 1. The Labute approximate surface area is 132 Å². The molecule has 8 heteroatoms. The van der Waals surface area contributed by atoms with Crippen molar-refractivity contribution in [2.75, 3.05) is 11.1 Å². The first-order valence-corrected chi connectivity index (χ1v) is 9.35. The Morgan fingerprint density at radius 2 is 2.23 bits per heavy atom. The maximum Gasteiger partial charge on any atom is 0.228 e. The molecule has 22 heavy (non-hydrogen) atoms. The molecule has 1 aromatic carbocycles. The van der Waals surface area contributed by atoms with Crippen LogP contribution in [0, 0.1) is 0 Å². The molecular weight excluding hydrogens is 322 g/mol. The number of nitrogens with one attached hydrogen (secondary N) is 2. The van der Waals surface area contributed by atoms with Gasteiger partial charge in [0.1, 0.15) is 5.01 Å². The topological polar surface area (TPSA) is 88.2 Å². The molecule has 2 heterocycles. The van der Waals surface area contributed by atoms with Crippen molar-refractivity contribution in [3.05, 3.63) is 34.2 Å². The largest absolute Gasteiger partial charge is 0.326 e. The van der Waals surface area contributed by atoms with E-state index in [0.29, 0.717) is 11.4 Å². The molecule has 0 saturated heterocycles. The highest BCUT2D eigenvalue weighted by Crippen LogP contribution is 2.29. The maximum absolute atomic E-state index is 11.4. The van der Waals surface area contributed by atoms with Crippen LogP contribution in [0.25, 0.3) is 11.3 Å². The molecule has 1 aliphatic rings. The van der Waals surface area contributed by atoms with Gasteiger partial charge in [0.15, 0.2) is 0 Å². The first kappa shape index (κ1) is 15.1. The first-order chi connectivity index (χ1) is 10.5. The average molecular weight is 337 g/mol. The quantitative estimate of drug-likeness (QED) is 0.870. The number of anilines is 1. The molecule has 0 saturated carbocycles. The zero-order valence-corrected chi connectivity index (χ0v) is 13.6. The normalized spacial score (nSPS) is 14.0. The molecule has 0 radical (unpaired) electrons. The number of amides is 1. The SMILES string of the molecule is CCS(=O)(=O)NCc1nc(-c2ccc3c(c2)CC(=O)N3)cs1. The predicted octanol–water partition coefficient (Wildman–Crippen LogP) is 1.74. The van der Waals surface area contributed by atoms with Crippen molar-refractivity contribution in [1.82, 2.24) is 9.71 Å². The Kier molecular flexibility index (Phi) is 3.98. The molecule has 0 aliphatic carbocycles. The second-order valence-electron chi connectivity index (χ2n) is 4.95. The third-order valence-electron chi connectivity index (χ3n) is 3.40. The van der Waals surface area contributed by atoms with E-state index < -0.39 is 10.0 Å². The summed E-state index contributed by atoms with van der Waals surface area (Å²) in [6, 6.07) is 5.72. The second kappa shape index (κ2) is 5.79. The summed E-state index contributed by atoms with van der Waals surface area (Å²) in [5, 5.41) is 5.39. The summed E-state index contributed by atoms with van der Waals surface area (Å²) in [5.41, 5.74) is 3.53. The van der Waals surface area contributed by atoms with E-state index in [1.807, 2.05) is 23.6 Å². The fraction of sp³-hybridized carbons (Fsp3) is 0.286. The number of aromatic nitrogens is 1. The van der Waals surface area contributed by atoms with Crippen LogP contribution in [-0.4, -0.2) is 25.1 Å². The highest BCUT2D eigenvalue weighted by molar-refractivity contribution is 7.89. The van der Waals surface area contributed by atoms with Crippen molar-refractivity contribution in [2.45, 2.75) is 19.9 Å². The van der Waals surface area contributed by atoms with Gasteiger partial charge in [-0.2, -0.15) is 0 Å². The van der Waals surface area contributed by atoms with Gasteiger partial charge in [0, 0.05) is 16.6 Å². The predicted molar refractivity (Wildman–Crippen MR) is 86.2 cm³/mol. The van der Waals surface area contributed by atoms with E-state index in [0.717, 1.165) is 22.5 Å². The van der Waals surface area contributed by atoms with Crippen LogP contribution in [0.15, 0.2) is 23.6 Å². The Morgan fingerprint density at radius 1 is 1.41 bits per heavy atom. The van der Waals surface area contributed by atoms with Gasteiger partial charge in [0.2, 0.25) is 15.9 Å². The molecule has 0 bridgehead atoms. The molecule has 2 aromatic rings. The number of hydrogen-bond donors (Lipinski definition) is 2. The second-order valence-corrected chi connectivity index (χ2v) is 7.99. The third kappa shape index (κ3) is 3.18.